The summed E-state index contributed by atoms with van der Waals surface area (Å²) in [5, 5.41) is 13.3. The molecule has 0 radical (unpaired) electrons. The average molecular weight is 314 g/mol. The number of carboxylic acids is 1. The molecule has 1 N–H and O–H groups in total. The van der Waals surface area contributed by atoms with Gasteiger partial charge in [-0.2, -0.15) is 5.10 Å². The third-order valence-electron chi connectivity index (χ3n) is 4.33. The number of hydrogen-bond donors (Lipinski definition) is 1. The third-order valence-corrected chi connectivity index (χ3v) is 4.33. The zero-order valence-electron chi connectivity index (χ0n) is 13.0. The van der Waals surface area contributed by atoms with Gasteiger partial charge in [-0.3, -0.25) is 9.59 Å². The number of likely N-dealkylation sites (tertiary alicyclic amines) is 1. The lowest BCUT2D eigenvalue weighted by Gasteiger charge is -2.17. The Kier molecular flexibility index (Phi) is 3.85. The van der Waals surface area contributed by atoms with E-state index in [4.69, 9.17) is 0 Å². The molecule has 0 saturated carbocycles. The number of benzene rings is 1. The Hall–Kier alpha value is -2.70. The fraction of sp³-hybridized carbons (Fsp3) is 0.375. The number of carboxylic acid groups (broad SMARTS) is 1. The van der Waals surface area contributed by atoms with Gasteiger partial charge in [-0.15, -0.1) is 0 Å². The van der Waals surface area contributed by atoms with Crippen LogP contribution in [0.1, 0.15) is 22.8 Å². The van der Waals surface area contributed by atoms with E-state index in [1.807, 2.05) is 19.9 Å². The molecular formula is C16H18N4O3. The topological polar surface area (TPSA) is 88.3 Å². The fourth-order valence-electron chi connectivity index (χ4n) is 3.01. The van der Waals surface area contributed by atoms with Gasteiger partial charge < -0.3 is 10.0 Å². The van der Waals surface area contributed by atoms with Crippen molar-refractivity contribution in [2.75, 3.05) is 13.1 Å². The van der Waals surface area contributed by atoms with Crippen molar-refractivity contribution >= 4 is 11.9 Å². The van der Waals surface area contributed by atoms with Gasteiger partial charge in [0.1, 0.15) is 12.7 Å². The summed E-state index contributed by atoms with van der Waals surface area (Å²) in [4.78, 5) is 29.3. The van der Waals surface area contributed by atoms with Gasteiger partial charge in [-0.25, -0.2) is 9.67 Å². The van der Waals surface area contributed by atoms with Gasteiger partial charge in [-0.05, 0) is 36.6 Å². The van der Waals surface area contributed by atoms with Crippen LogP contribution in [-0.2, 0) is 4.79 Å². The molecule has 1 fully saturated rings. The number of amides is 1. The Balaban J connectivity index is 1.81. The minimum atomic E-state index is -0.842. The zero-order chi connectivity index (χ0) is 16.6. The highest BCUT2D eigenvalue weighted by molar-refractivity contribution is 5.95. The minimum absolute atomic E-state index is 0.0352. The first-order valence-corrected chi connectivity index (χ1v) is 7.45. The first-order chi connectivity index (χ1) is 11.0. The second-order valence-electron chi connectivity index (χ2n) is 5.97. The maximum absolute atomic E-state index is 12.6. The lowest BCUT2D eigenvalue weighted by Crippen LogP contribution is -2.30. The molecule has 2 aromatic rings. The standard InChI is InChI=1S/C16H18N4O3/c1-10-5-12(3-4-14(10)20-9-17-8-18-20)15(21)19-6-11(2)13(7-19)16(22)23/h3-5,8-9,11,13H,6-7H2,1-2H3,(H,22,23)/t11-,13-/m1/s1. The van der Waals surface area contributed by atoms with Crippen molar-refractivity contribution in [1.29, 1.82) is 0 Å². The lowest BCUT2D eigenvalue weighted by atomic mass is 9.99. The highest BCUT2D eigenvalue weighted by Gasteiger charge is 2.37. The van der Waals surface area contributed by atoms with Gasteiger partial charge in [0, 0.05) is 18.7 Å². The van der Waals surface area contributed by atoms with E-state index < -0.39 is 11.9 Å². The highest BCUT2D eigenvalue weighted by atomic mass is 16.4. The van der Waals surface area contributed by atoms with E-state index >= 15 is 0 Å². The Morgan fingerprint density at radius 2 is 2.09 bits per heavy atom. The summed E-state index contributed by atoms with van der Waals surface area (Å²) in [5.41, 5.74) is 2.32. The quantitative estimate of drug-likeness (QED) is 0.924. The summed E-state index contributed by atoms with van der Waals surface area (Å²) < 4.78 is 1.64. The van der Waals surface area contributed by atoms with E-state index in [2.05, 4.69) is 10.1 Å². The van der Waals surface area contributed by atoms with Crippen LogP contribution in [0.4, 0.5) is 0 Å². The molecule has 1 aliphatic heterocycles. The molecule has 120 valence electrons. The number of rotatable bonds is 3. The largest absolute Gasteiger partial charge is 0.481 e. The second-order valence-corrected chi connectivity index (χ2v) is 5.97. The van der Waals surface area contributed by atoms with Crippen molar-refractivity contribution in [3.63, 3.8) is 0 Å². The molecule has 1 saturated heterocycles. The number of carbonyl (C=O) groups is 2. The molecule has 1 amide bonds. The average Bonchev–Trinajstić information content (AvgIpc) is 3.15. The Bertz CT molecular complexity index is 742. The van der Waals surface area contributed by atoms with Gasteiger partial charge in [0.25, 0.3) is 5.91 Å². The van der Waals surface area contributed by atoms with Crippen molar-refractivity contribution < 1.29 is 14.7 Å². The number of aliphatic carboxylic acids is 1. The molecule has 3 rings (SSSR count). The molecule has 0 unspecified atom stereocenters. The number of aromatic nitrogens is 3. The molecule has 7 nitrogen and oxygen atoms in total. The molecule has 0 aliphatic carbocycles. The van der Waals surface area contributed by atoms with Gasteiger partial charge in [0.15, 0.2) is 0 Å². The smallest absolute Gasteiger partial charge is 0.308 e. The van der Waals surface area contributed by atoms with Gasteiger partial charge in [0.05, 0.1) is 11.6 Å². The first kappa shape index (κ1) is 15.2. The molecule has 2 heterocycles. The normalized spacial score (nSPS) is 20.7. The van der Waals surface area contributed by atoms with Crippen molar-refractivity contribution in [3.05, 3.63) is 42.0 Å². The molecular weight excluding hydrogens is 296 g/mol. The molecule has 2 atom stereocenters. The van der Waals surface area contributed by atoms with Gasteiger partial charge in [-0.1, -0.05) is 6.92 Å². The number of nitrogens with zero attached hydrogens (tertiary/aromatic N) is 4. The summed E-state index contributed by atoms with van der Waals surface area (Å²) >= 11 is 0. The minimum Gasteiger partial charge on any atom is -0.481 e. The molecule has 23 heavy (non-hydrogen) atoms. The van der Waals surface area contributed by atoms with E-state index in [-0.39, 0.29) is 18.4 Å². The second kappa shape index (κ2) is 5.83. The summed E-state index contributed by atoms with van der Waals surface area (Å²) in [7, 11) is 0. The van der Waals surface area contributed by atoms with Crippen molar-refractivity contribution in [2.24, 2.45) is 11.8 Å². The van der Waals surface area contributed by atoms with Crippen molar-refractivity contribution in [1.82, 2.24) is 19.7 Å². The predicted octanol–water partition coefficient (Wildman–Crippen LogP) is 1.37. The predicted molar refractivity (Wildman–Crippen MR) is 82.3 cm³/mol. The lowest BCUT2D eigenvalue weighted by molar-refractivity contribution is -0.142. The molecule has 0 bridgehead atoms. The van der Waals surface area contributed by atoms with Crippen molar-refractivity contribution in [3.8, 4) is 5.69 Å². The van der Waals surface area contributed by atoms with Crippen LogP contribution in [0, 0.1) is 18.8 Å². The molecule has 1 aromatic heterocycles. The SMILES string of the molecule is Cc1cc(C(=O)N2C[C@@H](C)[C@H](C(=O)O)C2)ccc1-n1cncn1. The monoisotopic (exact) mass is 314 g/mol. The maximum atomic E-state index is 12.6. The highest BCUT2D eigenvalue weighted by Crippen LogP contribution is 2.25. The Morgan fingerprint density at radius 3 is 2.65 bits per heavy atom. The van der Waals surface area contributed by atoms with E-state index in [0.29, 0.717) is 12.1 Å². The summed E-state index contributed by atoms with van der Waals surface area (Å²) in [6.07, 6.45) is 3.06. The van der Waals surface area contributed by atoms with Gasteiger partial charge >= 0.3 is 5.97 Å². The number of aryl methyl sites for hydroxylation is 1. The van der Waals surface area contributed by atoms with Crippen molar-refractivity contribution in [2.45, 2.75) is 13.8 Å². The molecule has 7 heteroatoms. The summed E-state index contributed by atoms with van der Waals surface area (Å²) in [5.74, 6) is -1.50. The van der Waals surface area contributed by atoms with Crippen LogP contribution >= 0.6 is 0 Å². The van der Waals surface area contributed by atoms with E-state index in [0.717, 1.165) is 11.3 Å². The Morgan fingerprint density at radius 1 is 1.30 bits per heavy atom. The Labute approximate surface area is 133 Å². The third kappa shape index (κ3) is 2.81. The van der Waals surface area contributed by atoms with Crippen LogP contribution in [0.25, 0.3) is 5.69 Å². The van der Waals surface area contributed by atoms with E-state index in [1.54, 1.807) is 28.0 Å². The van der Waals surface area contributed by atoms with Crippen LogP contribution in [0.15, 0.2) is 30.9 Å². The van der Waals surface area contributed by atoms with Gasteiger partial charge in [0.2, 0.25) is 0 Å². The van der Waals surface area contributed by atoms with E-state index in [9.17, 15) is 14.7 Å². The maximum Gasteiger partial charge on any atom is 0.308 e. The molecule has 1 aliphatic rings. The number of carbonyl (C=O) groups excluding carboxylic acids is 1. The number of hydrogen-bond acceptors (Lipinski definition) is 4. The molecule has 0 spiro atoms. The van der Waals surface area contributed by atoms with E-state index in [1.165, 1.54) is 6.33 Å². The van der Waals surface area contributed by atoms with Crippen LogP contribution < -0.4 is 0 Å². The fourth-order valence-corrected chi connectivity index (χ4v) is 3.01. The summed E-state index contributed by atoms with van der Waals surface area (Å²) in [6.45, 7) is 4.50. The van der Waals surface area contributed by atoms with Crippen LogP contribution in [0.3, 0.4) is 0 Å². The molecule has 1 aromatic carbocycles. The zero-order valence-corrected chi connectivity index (χ0v) is 13.0. The first-order valence-electron chi connectivity index (χ1n) is 7.45. The summed E-state index contributed by atoms with van der Waals surface area (Å²) in [6, 6.07) is 5.37. The van der Waals surface area contributed by atoms with Crippen LogP contribution in [-0.4, -0.2) is 49.7 Å². The van der Waals surface area contributed by atoms with Crippen LogP contribution in [0.2, 0.25) is 0 Å². The van der Waals surface area contributed by atoms with Crippen LogP contribution in [0.5, 0.6) is 0 Å².